The van der Waals surface area contributed by atoms with Gasteiger partial charge in [-0.25, -0.2) is 4.79 Å². The molecule has 16 atom stereocenters. The van der Waals surface area contributed by atoms with Gasteiger partial charge in [0.25, 0.3) is 0 Å². The number of methoxy groups -OCH3 is 1. The second kappa shape index (κ2) is 19.3. The molecule has 5 rings (SSSR count). The molecule has 0 amide bonds. The van der Waals surface area contributed by atoms with Gasteiger partial charge < -0.3 is 99.2 Å². The van der Waals surface area contributed by atoms with Crippen molar-refractivity contribution in [3.8, 4) is 23.0 Å². The molecule has 1 unspecified atom stereocenters. The maximum atomic E-state index is 13.2. The Kier molecular flexibility index (Phi) is 15.0. The largest absolute Gasteiger partial charge is 0.504 e. The molecule has 12 N–H and O–H groups in total. The minimum absolute atomic E-state index is 0.266. The zero-order valence-corrected chi connectivity index (χ0v) is 30.5. The predicted molar refractivity (Wildman–Crippen MR) is 186 cm³/mol. The zero-order valence-electron chi connectivity index (χ0n) is 30.5. The molecule has 57 heavy (non-hydrogen) atoms. The summed E-state index contributed by atoms with van der Waals surface area (Å²) in [6, 6.07) is 7.57. The summed E-state index contributed by atoms with van der Waals surface area (Å²) in [5.74, 6) is -2.80. The van der Waals surface area contributed by atoms with Gasteiger partial charge in [0.2, 0.25) is 0 Å². The highest BCUT2D eigenvalue weighted by Crippen LogP contribution is 2.35. The Bertz CT molecular complexity index is 1660. The predicted octanol–water partition coefficient (Wildman–Crippen LogP) is -3.05. The molecule has 0 aliphatic carbocycles. The van der Waals surface area contributed by atoms with Crippen molar-refractivity contribution < 1.29 is 104 Å². The van der Waals surface area contributed by atoms with E-state index >= 15 is 0 Å². The third-order valence-corrected chi connectivity index (χ3v) is 9.74. The summed E-state index contributed by atoms with van der Waals surface area (Å²) < 4.78 is 45.9. The van der Waals surface area contributed by atoms with Crippen LogP contribution in [0.5, 0.6) is 23.0 Å². The number of hydrogen-bond donors (Lipinski definition) is 12. The van der Waals surface area contributed by atoms with Crippen LogP contribution in [0.4, 0.5) is 0 Å². The van der Waals surface area contributed by atoms with Crippen molar-refractivity contribution >= 4 is 12.0 Å². The molecular formula is C36H48O21. The first-order valence-corrected chi connectivity index (χ1v) is 17.7. The fraction of sp³-hybridized carbons (Fsp3) is 0.583. The van der Waals surface area contributed by atoms with Crippen LogP contribution in [0.15, 0.2) is 42.5 Å². The van der Waals surface area contributed by atoms with Crippen LogP contribution < -0.4 is 0 Å². The van der Waals surface area contributed by atoms with Gasteiger partial charge in [-0.2, -0.15) is 0 Å². The fourth-order valence-electron chi connectivity index (χ4n) is 6.43. The maximum absolute atomic E-state index is 13.2. The highest BCUT2D eigenvalue weighted by molar-refractivity contribution is 5.87. The number of esters is 1. The lowest BCUT2D eigenvalue weighted by atomic mass is 9.96. The summed E-state index contributed by atoms with van der Waals surface area (Å²) in [5, 5.41) is 124. The van der Waals surface area contributed by atoms with Crippen LogP contribution in [-0.4, -0.2) is 186 Å². The van der Waals surface area contributed by atoms with Gasteiger partial charge in [0.05, 0.1) is 25.9 Å². The number of aliphatic hydroxyl groups excluding tert-OH is 8. The molecule has 0 radical (unpaired) electrons. The number of ether oxygens (including phenoxy) is 8. The monoisotopic (exact) mass is 816 g/mol. The molecule has 318 valence electrons. The zero-order chi connectivity index (χ0) is 41.7. The smallest absolute Gasteiger partial charge is 0.331 e. The van der Waals surface area contributed by atoms with E-state index in [0.717, 1.165) is 12.1 Å². The maximum Gasteiger partial charge on any atom is 0.331 e. The first-order chi connectivity index (χ1) is 27.1. The van der Waals surface area contributed by atoms with Gasteiger partial charge in [-0.3, -0.25) is 0 Å². The van der Waals surface area contributed by atoms with Gasteiger partial charge in [0.15, 0.2) is 48.0 Å². The standard InChI is InChI=1S/C36H48O21/c1-14-25(44)28(47)33(57-35-29(48)27(46)26(45)21(11-37)53-35)36(52-14)56-32-30(49)34(51-13-23(50-2)16-5-7-18(40)20(42)10-16)54-22(12-38)31(32)55-24(43)8-4-15-3-6-17(39)19(41)9-15/h3-10,14,21-23,25-42,44-49H,11-13H2,1-2H3/b8-4+/t14-,21+,22+,23?,25-,26-,27-,28+,29+,30+,31+,32+,33+,34+,35-,36-/m0/s1. The van der Waals surface area contributed by atoms with Gasteiger partial charge in [-0.1, -0.05) is 12.1 Å². The number of benzene rings is 2. The highest BCUT2D eigenvalue weighted by Gasteiger charge is 2.54. The van der Waals surface area contributed by atoms with Crippen LogP contribution in [-0.2, 0) is 42.7 Å². The van der Waals surface area contributed by atoms with E-state index in [4.69, 9.17) is 37.9 Å². The van der Waals surface area contributed by atoms with Crippen molar-refractivity contribution in [3.63, 3.8) is 0 Å². The quantitative estimate of drug-likeness (QED) is 0.0512. The second-order valence-corrected chi connectivity index (χ2v) is 13.6. The first-order valence-electron chi connectivity index (χ1n) is 17.7. The summed E-state index contributed by atoms with van der Waals surface area (Å²) in [4.78, 5) is 13.2. The normalized spacial score (nSPS) is 36.6. The van der Waals surface area contributed by atoms with Crippen LogP contribution in [0, 0.1) is 0 Å². The van der Waals surface area contributed by atoms with Crippen molar-refractivity contribution in [2.75, 3.05) is 26.9 Å². The van der Waals surface area contributed by atoms with Gasteiger partial charge in [0, 0.05) is 13.2 Å². The first kappa shape index (κ1) is 44.4. The van der Waals surface area contributed by atoms with E-state index in [0.29, 0.717) is 5.56 Å². The molecule has 2 aromatic carbocycles. The minimum Gasteiger partial charge on any atom is -0.504 e. The van der Waals surface area contributed by atoms with E-state index in [1.54, 1.807) is 0 Å². The van der Waals surface area contributed by atoms with Crippen LogP contribution in [0.1, 0.15) is 24.2 Å². The van der Waals surface area contributed by atoms with Crippen LogP contribution in [0.3, 0.4) is 0 Å². The van der Waals surface area contributed by atoms with Crippen molar-refractivity contribution in [3.05, 3.63) is 53.6 Å². The summed E-state index contributed by atoms with van der Waals surface area (Å²) in [6.45, 7) is -0.704. The molecule has 21 heteroatoms. The van der Waals surface area contributed by atoms with Crippen molar-refractivity contribution in [1.29, 1.82) is 0 Å². The highest BCUT2D eigenvalue weighted by atomic mass is 16.8. The molecule has 3 heterocycles. The number of carbonyl (C=O) groups excluding carboxylic acids is 1. The number of aromatic hydroxyl groups is 4. The number of hydrogen-bond acceptors (Lipinski definition) is 21. The number of aliphatic hydroxyl groups is 8. The molecule has 3 fully saturated rings. The molecule has 3 aliphatic heterocycles. The Labute approximate surface area is 324 Å². The van der Waals surface area contributed by atoms with Crippen LogP contribution in [0.25, 0.3) is 6.08 Å². The Morgan fingerprint density at radius 3 is 1.95 bits per heavy atom. The molecular weight excluding hydrogens is 768 g/mol. The summed E-state index contributed by atoms with van der Waals surface area (Å²) in [5.41, 5.74) is 0.609. The second-order valence-electron chi connectivity index (χ2n) is 13.6. The van der Waals surface area contributed by atoms with Crippen LogP contribution in [0.2, 0.25) is 0 Å². The molecule has 0 bridgehead atoms. The summed E-state index contributed by atoms with van der Waals surface area (Å²) in [6.07, 6.45) is -24.6. The van der Waals surface area contributed by atoms with E-state index in [9.17, 15) is 66.1 Å². The van der Waals surface area contributed by atoms with Gasteiger partial charge in [-0.05, 0) is 48.4 Å². The van der Waals surface area contributed by atoms with E-state index in [-0.39, 0.29) is 12.2 Å². The van der Waals surface area contributed by atoms with Gasteiger partial charge in [0.1, 0.15) is 67.1 Å². The average Bonchev–Trinajstić information content (AvgIpc) is 3.19. The van der Waals surface area contributed by atoms with E-state index in [1.807, 2.05) is 0 Å². The topological polar surface area (TPSA) is 334 Å². The fourth-order valence-corrected chi connectivity index (χ4v) is 6.43. The summed E-state index contributed by atoms with van der Waals surface area (Å²) >= 11 is 0. The Balaban J connectivity index is 1.44. The minimum atomic E-state index is -1.96. The third-order valence-electron chi connectivity index (χ3n) is 9.74. The van der Waals surface area contributed by atoms with E-state index < -0.39 is 140 Å². The number of phenols is 4. The Hall–Kier alpha value is -3.75. The molecule has 2 aromatic rings. The van der Waals surface area contributed by atoms with Gasteiger partial charge in [-0.15, -0.1) is 0 Å². The van der Waals surface area contributed by atoms with Crippen LogP contribution >= 0.6 is 0 Å². The third kappa shape index (κ3) is 10.1. The van der Waals surface area contributed by atoms with Gasteiger partial charge >= 0.3 is 5.97 Å². The average molecular weight is 817 g/mol. The Morgan fingerprint density at radius 1 is 0.684 bits per heavy atom. The summed E-state index contributed by atoms with van der Waals surface area (Å²) in [7, 11) is 1.32. The Morgan fingerprint density at radius 2 is 1.32 bits per heavy atom. The lowest BCUT2D eigenvalue weighted by molar-refractivity contribution is -0.387. The molecule has 0 saturated carbocycles. The van der Waals surface area contributed by atoms with Crippen molar-refractivity contribution in [1.82, 2.24) is 0 Å². The number of phenolic OH excluding ortho intramolecular Hbond substituents is 4. The molecule has 0 spiro atoms. The lowest BCUT2D eigenvalue weighted by Gasteiger charge is -2.48. The molecule has 3 saturated heterocycles. The van der Waals surface area contributed by atoms with Crippen molar-refractivity contribution in [2.24, 2.45) is 0 Å². The van der Waals surface area contributed by atoms with E-state index in [2.05, 4.69) is 0 Å². The molecule has 21 nitrogen and oxygen atoms in total. The number of rotatable bonds is 14. The SMILES string of the molecule is COC(CO[C@@H]1O[C@H](CO)[C@@H](OC(=O)/C=C/c2ccc(O)c(O)c2)[C@H](O[C@@H]2O[C@@H](C)[C@H](O)[C@@H](O)[C@H]2O[C@@H]2O[C@H](CO)[C@H](O)[C@H](O)[C@H]2O)[C@H]1O)c1ccc(O)c(O)c1. The van der Waals surface area contributed by atoms with E-state index in [1.165, 1.54) is 50.4 Å². The van der Waals surface area contributed by atoms with Crippen molar-refractivity contribution in [2.45, 2.75) is 105 Å². The molecule has 3 aliphatic rings. The lowest BCUT2D eigenvalue weighted by Crippen LogP contribution is -2.66. The molecule has 0 aromatic heterocycles. The number of carbonyl (C=O) groups is 1.